The van der Waals surface area contributed by atoms with Gasteiger partial charge in [-0.15, -0.1) is 0 Å². The fourth-order valence-corrected chi connectivity index (χ4v) is 2.67. The molecule has 20 heavy (non-hydrogen) atoms. The van der Waals surface area contributed by atoms with Crippen molar-refractivity contribution < 1.29 is 4.74 Å². The molecule has 1 aliphatic rings. The minimum atomic E-state index is 0.652. The number of aromatic nitrogens is 2. The van der Waals surface area contributed by atoms with E-state index in [4.69, 9.17) is 4.74 Å². The third kappa shape index (κ3) is 4.07. The molecule has 1 aromatic heterocycles. The number of ether oxygens (including phenoxy) is 1. The molecule has 0 bridgehead atoms. The van der Waals surface area contributed by atoms with Gasteiger partial charge < -0.3 is 15.0 Å². The van der Waals surface area contributed by atoms with Crippen molar-refractivity contribution in [3.05, 3.63) is 11.8 Å². The van der Waals surface area contributed by atoms with Crippen LogP contribution in [0.1, 0.15) is 31.9 Å². The van der Waals surface area contributed by atoms with Crippen LogP contribution >= 0.6 is 0 Å². The Morgan fingerprint density at radius 3 is 3.05 bits per heavy atom. The van der Waals surface area contributed by atoms with Crippen LogP contribution < -0.4 is 15.0 Å². The summed E-state index contributed by atoms with van der Waals surface area (Å²) in [4.78, 5) is 11.3. The van der Waals surface area contributed by atoms with E-state index in [1.54, 1.807) is 7.11 Å². The summed E-state index contributed by atoms with van der Waals surface area (Å²) < 4.78 is 5.24. The molecule has 1 aliphatic heterocycles. The highest BCUT2D eigenvalue weighted by molar-refractivity contribution is 5.35. The van der Waals surface area contributed by atoms with Gasteiger partial charge in [0.2, 0.25) is 11.8 Å². The maximum atomic E-state index is 5.24. The molecule has 0 saturated carbocycles. The normalized spacial score (nSPS) is 19.1. The van der Waals surface area contributed by atoms with Gasteiger partial charge in [-0.05, 0) is 45.2 Å². The maximum absolute atomic E-state index is 5.24. The predicted octanol–water partition coefficient (Wildman–Crippen LogP) is 2.01. The summed E-state index contributed by atoms with van der Waals surface area (Å²) in [6, 6.07) is 1.87. The van der Waals surface area contributed by atoms with Crippen LogP contribution in [0.2, 0.25) is 0 Å². The average molecular weight is 278 g/mol. The minimum absolute atomic E-state index is 0.652. The molecule has 0 aromatic carbocycles. The molecule has 0 amide bonds. The number of anilines is 1. The van der Waals surface area contributed by atoms with Crippen molar-refractivity contribution in [1.29, 1.82) is 0 Å². The van der Waals surface area contributed by atoms with E-state index < -0.39 is 0 Å². The monoisotopic (exact) mass is 278 g/mol. The van der Waals surface area contributed by atoms with Crippen molar-refractivity contribution in [2.24, 2.45) is 5.92 Å². The van der Waals surface area contributed by atoms with Crippen molar-refractivity contribution in [1.82, 2.24) is 15.3 Å². The van der Waals surface area contributed by atoms with Crippen LogP contribution in [0.4, 0.5) is 5.95 Å². The fraction of sp³-hybridized carbons (Fsp3) is 0.733. The number of aryl methyl sites for hydroxylation is 1. The van der Waals surface area contributed by atoms with E-state index in [0.29, 0.717) is 11.8 Å². The Kier molecular flexibility index (Phi) is 5.59. The molecule has 2 heterocycles. The molecule has 5 heteroatoms. The smallest absolute Gasteiger partial charge is 0.228 e. The lowest BCUT2D eigenvalue weighted by atomic mass is 9.98. The van der Waals surface area contributed by atoms with E-state index in [-0.39, 0.29) is 0 Å². The lowest BCUT2D eigenvalue weighted by Crippen LogP contribution is -2.40. The number of hydrogen-bond acceptors (Lipinski definition) is 5. The second-order valence-corrected chi connectivity index (χ2v) is 5.51. The first kappa shape index (κ1) is 15.0. The summed E-state index contributed by atoms with van der Waals surface area (Å²) in [5.41, 5.74) is 0.957. The highest BCUT2D eigenvalue weighted by Crippen LogP contribution is 2.22. The van der Waals surface area contributed by atoms with Gasteiger partial charge in [-0.1, -0.05) is 6.92 Å². The molecular formula is C15H26N4O. The van der Waals surface area contributed by atoms with Crippen molar-refractivity contribution in [2.45, 2.75) is 33.1 Å². The molecule has 1 N–H and O–H groups in total. The van der Waals surface area contributed by atoms with E-state index in [1.165, 1.54) is 19.3 Å². The number of nitrogens with zero attached hydrogens (tertiary/aromatic N) is 3. The van der Waals surface area contributed by atoms with Gasteiger partial charge in [0.15, 0.2) is 0 Å². The van der Waals surface area contributed by atoms with Crippen LogP contribution in [0, 0.1) is 12.8 Å². The van der Waals surface area contributed by atoms with Gasteiger partial charge in [0.25, 0.3) is 0 Å². The standard InChI is InChI=1S/C15H26N4O/c1-4-7-16-10-13-6-5-8-19(11-13)15-17-12(2)9-14(18-15)20-3/h9,13,16H,4-8,10-11H2,1-3H3. The highest BCUT2D eigenvalue weighted by Gasteiger charge is 2.22. The van der Waals surface area contributed by atoms with Crippen LogP contribution in [0.3, 0.4) is 0 Å². The Balaban J connectivity index is 1.99. The summed E-state index contributed by atoms with van der Waals surface area (Å²) in [6.45, 7) is 8.45. The SMILES string of the molecule is CCCNCC1CCCN(c2nc(C)cc(OC)n2)C1. The summed E-state index contributed by atoms with van der Waals surface area (Å²) >= 11 is 0. The number of methoxy groups -OCH3 is 1. The molecule has 0 spiro atoms. The Morgan fingerprint density at radius 2 is 2.30 bits per heavy atom. The largest absolute Gasteiger partial charge is 0.481 e. The lowest BCUT2D eigenvalue weighted by Gasteiger charge is -2.33. The first-order valence-corrected chi connectivity index (χ1v) is 7.58. The molecule has 1 saturated heterocycles. The molecule has 5 nitrogen and oxygen atoms in total. The Bertz CT molecular complexity index is 424. The Hall–Kier alpha value is -1.36. The zero-order valence-electron chi connectivity index (χ0n) is 12.9. The second-order valence-electron chi connectivity index (χ2n) is 5.51. The van der Waals surface area contributed by atoms with Gasteiger partial charge in [-0.25, -0.2) is 4.98 Å². The molecule has 2 rings (SSSR count). The van der Waals surface area contributed by atoms with Crippen molar-refractivity contribution in [2.75, 3.05) is 38.2 Å². The summed E-state index contributed by atoms with van der Waals surface area (Å²) in [5, 5.41) is 3.52. The van der Waals surface area contributed by atoms with Gasteiger partial charge >= 0.3 is 0 Å². The van der Waals surface area contributed by atoms with Gasteiger partial charge in [0.1, 0.15) is 0 Å². The molecule has 1 unspecified atom stereocenters. The second kappa shape index (κ2) is 7.43. The van der Waals surface area contributed by atoms with E-state index in [1.807, 2.05) is 13.0 Å². The van der Waals surface area contributed by atoms with Gasteiger partial charge in [-0.2, -0.15) is 4.98 Å². The zero-order chi connectivity index (χ0) is 14.4. The van der Waals surface area contributed by atoms with Crippen molar-refractivity contribution in [3.63, 3.8) is 0 Å². The van der Waals surface area contributed by atoms with Crippen LogP contribution in [0.25, 0.3) is 0 Å². The molecule has 112 valence electrons. The third-order valence-corrected chi connectivity index (χ3v) is 3.69. The van der Waals surface area contributed by atoms with Gasteiger partial charge in [0, 0.05) is 24.8 Å². The number of piperidine rings is 1. The summed E-state index contributed by atoms with van der Waals surface area (Å²) in [5.74, 6) is 2.14. The summed E-state index contributed by atoms with van der Waals surface area (Å²) in [6.07, 6.45) is 3.68. The average Bonchev–Trinajstić information content (AvgIpc) is 2.47. The number of nitrogens with one attached hydrogen (secondary N) is 1. The Labute approximate surface area is 121 Å². The van der Waals surface area contributed by atoms with Crippen molar-refractivity contribution >= 4 is 5.95 Å². The Morgan fingerprint density at radius 1 is 1.45 bits per heavy atom. The summed E-state index contributed by atoms with van der Waals surface area (Å²) in [7, 11) is 1.65. The first-order chi connectivity index (χ1) is 9.72. The minimum Gasteiger partial charge on any atom is -0.481 e. The van der Waals surface area contributed by atoms with Crippen molar-refractivity contribution in [3.8, 4) is 5.88 Å². The van der Waals surface area contributed by atoms with Crippen LogP contribution in [0.15, 0.2) is 6.07 Å². The molecule has 1 fully saturated rings. The van der Waals surface area contributed by atoms with Crippen LogP contribution in [-0.4, -0.2) is 43.3 Å². The highest BCUT2D eigenvalue weighted by atomic mass is 16.5. The van der Waals surface area contributed by atoms with E-state index in [0.717, 1.165) is 37.8 Å². The zero-order valence-corrected chi connectivity index (χ0v) is 12.9. The first-order valence-electron chi connectivity index (χ1n) is 7.58. The van der Waals surface area contributed by atoms with Gasteiger partial charge in [-0.3, -0.25) is 0 Å². The third-order valence-electron chi connectivity index (χ3n) is 3.69. The molecule has 0 radical (unpaired) electrons. The van der Waals surface area contributed by atoms with E-state index >= 15 is 0 Å². The molecular weight excluding hydrogens is 252 g/mol. The fourth-order valence-electron chi connectivity index (χ4n) is 2.67. The van der Waals surface area contributed by atoms with Crippen LogP contribution in [0.5, 0.6) is 5.88 Å². The lowest BCUT2D eigenvalue weighted by molar-refractivity contribution is 0.380. The topological polar surface area (TPSA) is 50.3 Å². The molecule has 0 aliphatic carbocycles. The van der Waals surface area contributed by atoms with Gasteiger partial charge in [0.05, 0.1) is 7.11 Å². The quantitative estimate of drug-likeness (QED) is 0.807. The molecule has 1 aromatic rings. The van der Waals surface area contributed by atoms with E-state index in [2.05, 4.69) is 27.1 Å². The number of rotatable bonds is 6. The predicted molar refractivity (Wildman–Crippen MR) is 81.4 cm³/mol. The molecule has 1 atom stereocenters. The van der Waals surface area contributed by atoms with Crippen LogP contribution in [-0.2, 0) is 0 Å². The number of hydrogen-bond donors (Lipinski definition) is 1. The van der Waals surface area contributed by atoms with E-state index in [9.17, 15) is 0 Å². The maximum Gasteiger partial charge on any atom is 0.228 e.